The van der Waals surface area contributed by atoms with E-state index < -0.39 is 0 Å². The number of nitrogens with one attached hydrogen (secondary N) is 1. The first-order chi connectivity index (χ1) is 10.3. The molecule has 1 aromatic heterocycles. The Morgan fingerprint density at radius 1 is 1.24 bits per heavy atom. The van der Waals surface area contributed by atoms with Crippen molar-refractivity contribution in [2.75, 3.05) is 6.54 Å². The van der Waals surface area contributed by atoms with Gasteiger partial charge in [0.15, 0.2) is 11.6 Å². The lowest BCUT2D eigenvalue weighted by atomic mass is 10.1. The maximum atomic E-state index is 12.0. The average Bonchev–Trinajstić information content (AvgIpc) is 3.16. The Morgan fingerprint density at radius 2 is 1.95 bits per heavy atom. The molecular weight excluding hydrogens is 264 g/mol. The summed E-state index contributed by atoms with van der Waals surface area (Å²) in [5.41, 5.74) is 0.433. The number of unbranched alkanes of at least 4 members (excludes halogenated alkanes) is 5. The molecule has 118 valence electrons. The number of aromatic nitrogens is 1. The highest BCUT2D eigenvalue weighted by atomic mass is 16.3. The number of carbonyl (C=O) groups is 1. The van der Waals surface area contributed by atoms with Crippen LogP contribution in [0.25, 0.3) is 0 Å². The fraction of sp³-hybridized carbons (Fsp3) is 0.765. The van der Waals surface area contributed by atoms with E-state index in [9.17, 15) is 4.79 Å². The number of amides is 1. The molecule has 21 heavy (non-hydrogen) atoms. The minimum Gasteiger partial charge on any atom is -0.448 e. The van der Waals surface area contributed by atoms with E-state index in [0.29, 0.717) is 11.6 Å². The van der Waals surface area contributed by atoms with Crippen molar-refractivity contribution in [2.45, 2.75) is 77.0 Å². The summed E-state index contributed by atoms with van der Waals surface area (Å²) in [5, 5.41) is 2.93. The molecule has 0 unspecified atom stereocenters. The Balaban J connectivity index is 1.64. The van der Waals surface area contributed by atoms with Crippen molar-refractivity contribution >= 4 is 5.91 Å². The molecule has 1 fully saturated rings. The summed E-state index contributed by atoms with van der Waals surface area (Å²) in [6.07, 6.45) is 13.6. The van der Waals surface area contributed by atoms with Gasteiger partial charge in [0.1, 0.15) is 6.26 Å². The molecule has 0 aliphatic heterocycles. The van der Waals surface area contributed by atoms with Crippen LogP contribution in [0.2, 0.25) is 0 Å². The highest BCUT2D eigenvalue weighted by Gasteiger charge is 2.23. The van der Waals surface area contributed by atoms with E-state index >= 15 is 0 Å². The number of carbonyl (C=O) groups excluding carboxylic acids is 1. The first-order valence-electron chi connectivity index (χ1n) is 8.55. The Morgan fingerprint density at radius 3 is 2.71 bits per heavy atom. The molecular formula is C17H28N2O2. The van der Waals surface area contributed by atoms with Gasteiger partial charge in [0.2, 0.25) is 0 Å². The third-order valence-corrected chi connectivity index (χ3v) is 4.27. The highest BCUT2D eigenvalue weighted by Crippen LogP contribution is 2.33. The number of rotatable bonds is 9. The molecule has 0 bridgehead atoms. The lowest BCUT2D eigenvalue weighted by Gasteiger charge is -2.03. The first-order valence-corrected chi connectivity index (χ1v) is 8.55. The van der Waals surface area contributed by atoms with E-state index in [1.54, 1.807) is 0 Å². The standard InChI is InChI=1S/C17H28N2O2/c1-2-3-4-5-6-9-12-18-16(20)15-13-21-17(19-15)14-10-7-8-11-14/h13-14H,2-12H2,1H3,(H,18,20). The van der Waals surface area contributed by atoms with E-state index in [1.165, 1.54) is 51.2 Å². The lowest BCUT2D eigenvalue weighted by Crippen LogP contribution is -2.24. The van der Waals surface area contributed by atoms with Crippen LogP contribution < -0.4 is 5.32 Å². The zero-order valence-electron chi connectivity index (χ0n) is 13.2. The Labute approximate surface area is 127 Å². The molecule has 0 aromatic carbocycles. The first kappa shape index (κ1) is 16.1. The second-order valence-electron chi connectivity index (χ2n) is 6.08. The van der Waals surface area contributed by atoms with Crippen LogP contribution in [0.4, 0.5) is 0 Å². The third-order valence-electron chi connectivity index (χ3n) is 4.27. The van der Waals surface area contributed by atoms with E-state index in [-0.39, 0.29) is 5.91 Å². The fourth-order valence-corrected chi connectivity index (χ4v) is 2.95. The van der Waals surface area contributed by atoms with Crippen molar-refractivity contribution in [3.8, 4) is 0 Å². The molecule has 2 rings (SSSR count). The van der Waals surface area contributed by atoms with Gasteiger partial charge in [-0.15, -0.1) is 0 Å². The van der Waals surface area contributed by atoms with Crippen molar-refractivity contribution < 1.29 is 9.21 Å². The number of hydrogen-bond acceptors (Lipinski definition) is 3. The van der Waals surface area contributed by atoms with E-state index in [4.69, 9.17) is 4.42 Å². The van der Waals surface area contributed by atoms with Gasteiger partial charge in [-0.2, -0.15) is 0 Å². The number of nitrogens with zero attached hydrogens (tertiary/aromatic N) is 1. The van der Waals surface area contributed by atoms with Gasteiger partial charge in [-0.3, -0.25) is 4.79 Å². The molecule has 4 nitrogen and oxygen atoms in total. The van der Waals surface area contributed by atoms with Gasteiger partial charge in [-0.1, -0.05) is 51.9 Å². The van der Waals surface area contributed by atoms with Gasteiger partial charge >= 0.3 is 0 Å². The van der Waals surface area contributed by atoms with Gasteiger partial charge in [-0.05, 0) is 19.3 Å². The normalized spacial score (nSPS) is 15.5. The SMILES string of the molecule is CCCCCCCCNC(=O)c1coc(C2CCCC2)n1. The quantitative estimate of drug-likeness (QED) is 0.685. The van der Waals surface area contributed by atoms with Gasteiger partial charge in [0.25, 0.3) is 5.91 Å². The van der Waals surface area contributed by atoms with E-state index in [0.717, 1.165) is 31.7 Å². The summed E-state index contributed by atoms with van der Waals surface area (Å²) in [5.74, 6) is 1.07. The molecule has 0 radical (unpaired) electrons. The maximum absolute atomic E-state index is 12.0. The molecule has 0 atom stereocenters. The van der Waals surface area contributed by atoms with Crippen LogP contribution in [0.3, 0.4) is 0 Å². The summed E-state index contributed by atoms with van der Waals surface area (Å²) < 4.78 is 5.47. The minimum absolute atomic E-state index is 0.100. The molecule has 1 aliphatic rings. The average molecular weight is 292 g/mol. The monoisotopic (exact) mass is 292 g/mol. The third kappa shape index (κ3) is 5.18. The topological polar surface area (TPSA) is 55.1 Å². The van der Waals surface area contributed by atoms with Crippen LogP contribution in [0.1, 0.15) is 93.4 Å². The predicted molar refractivity (Wildman–Crippen MR) is 83.4 cm³/mol. The second-order valence-corrected chi connectivity index (χ2v) is 6.08. The molecule has 1 N–H and O–H groups in total. The summed E-state index contributed by atoms with van der Waals surface area (Å²) in [7, 11) is 0. The van der Waals surface area contributed by atoms with Gasteiger partial charge < -0.3 is 9.73 Å². The number of oxazole rings is 1. The van der Waals surface area contributed by atoms with Crippen LogP contribution >= 0.6 is 0 Å². The molecule has 1 heterocycles. The fourth-order valence-electron chi connectivity index (χ4n) is 2.95. The van der Waals surface area contributed by atoms with Crippen LogP contribution in [0.5, 0.6) is 0 Å². The Bertz CT molecular complexity index is 422. The summed E-state index contributed by atoms with van der Waals surface area (Å²) >= 11 is 0. The van der Waals surface area contributed by atoms with Crippen molar-refractivity contribution in [2.24, 2.45) is 0 Å². The van der Waals surface area contributed by atoms with Gasteiger partial charge in [0.05, 0.1) is 0 Å². The van der Waals surface area contributed by atoms with Crippen LogP contribution in [0.15, 0.2) is 10.7 Å². The number of hydrogen-bond donors (Lipinski definition) is 1. The van der Waals surface area contributed by atoms with Crippen LogP contribution in [-0.4, -0.2) is 17.4 Å². The Hall–Kier alpha value is -1.32. The van der Waals surface area contributed by atoms with E-state index in [1.807, 2.05) is 0 Å². The van der Waals surface area contributed by atoms with E-state index in [2.05, 4.69) is 17.2 Å². The second kappa shape index (κ2) is 8.85. The van der Waals surface area contributed by atoms with Crippen molar-refractivity contribution in [1.82, 2.24) is 10.3 Å². The van der Waals surface area contributed by atoms with Gasteiger partial charge in [0, 0.05) is 12.5 Å². The molecule has 1 aliphatic carbocycles. The minimum atomic E-state index is -0.100. The zero-order chi connectivity index (χ0) is 14.9. The molecule has 4 heteroatoms. The molecule has 1 aromatic rings. The lowest BCUT2D eigenvalue weighted by molar-refractivity contribution is 0.0948. The van der Waals surface area contributed by atoms with Crippen LogP contribution in [-0.2, 0) is 0 Å². The maximum Gasteiger partial charge on any atom is 0.273 e. The van der Waals surface area contributed by atoms with Crippen molar-refractivity contribution in [3.63, 3.8) is 0 Å². The smallest absolute Gasteiger partial charge is 0.273 e. The molecule has 0 spiro atoms. The van der Waals surface area contributed by atoms with Crippen LogP contribution in [0, 0.1) is 0 Å². The van der Waals surface area contributed by atoms with Crippen molar-refractivity contribution in [1.29, 1.82) is 0 Å². The summed E-state index contributed by atoms with van der Waals surface area (Å²) in [6.45, 7) is 2.95. The molecule has 0 saturated heterocycles. The molecule has 1 saturated carbocycles. The van der Waals surface area contributed by atoms with Gasteiger partial charge in [-0.25, -0.2) is 4.98 Å². The molecule has 1 amide bonds. The Kier molecular flexibility index (Phi) is 6.77. The van der Waals surface area contributed by atoms with Crippen molar-refractivity contribution in [3.05, 3.63) is 17.8 Å². The predicted octanol–water partition coefficient (Wildman–Crippen LogP) is 4.42. The highest BCUT2D eigenvalue weighted by molar-refractivity contribution is 5.91. The largest absolute Gasteiger partial charge is 0.448 e. The zero-order valence-corrected chi connectivity index (χ0v) is 13.2. The summed E-state index contributed by atoms with van der Waals surface area (Å²) in [6, 6.07) is 0. The summed E-state index contributed by atoms with van der Waals surface area (Å²) in [4.78, 5) is 16.3.